The predicted molar refractivity (Wildman–Crippen MR) is 104 cm³/mol. The number of esters is 1. The molecule has 28 heavy (non-hydrogen) atoms. The van der Waals surface area contributed by atoms with Crippen molar-refractivity contribution in [1.82, 2.24) is 5.32 Å². The molecule has 0 aromatic heterocycles. The van der Waals surface area contributed by atoms with Gasteiger partial charge in [0, 0.05) is 13.0 Å². The van der Waals surface area contributed by atoms with Crippen LogP contribution in [0.1, 0.15) is 24.0 Å². The molecule has 2 aromatic carbocycles. The molecule has 0 spiro atoms. The van der Waals surface area contributed by atoms with Crippen LogP contribution in [0.25, 0.3) is 0 Å². The van der Waals surface area contributed by atoms with Crippen molar-refractivity contribution in [2.24, 2.45) is 0 Å². The molecule has 0 aliphatic carbocycles. The number of ether oxygens (including phenoxy) is 3. The molecular formula is C22H25NO5. The topological polar surface area (TPSA) is 73.9 Å². The summed E-state index contributed by atoms with van der Waals surface area (Å²) in [6.45, 7) is 1.06. The summed E-state index contributed by atoms with van der Waals surface area (Å²) in [5.74, 6) is -0.00271. The number of hydrogen-bond donors (Lipinski definition) is 1. The minimum atomic E-state index is -0.752. The molecule has 3 rings (SSSR count). The standard InChI is InChI=1S/C22H25NO5/c1-26-22(25)19(23-21(24)20-8-5-13-27-20)14-16-9-11-18(12-10-16)28-15-17-6-3-2-4-7-17/h2-4,6-7,9-12,19-20H,5,8,13-15H2,1H3,(H,23,24)/t19-,20+/m1/s1. The number of nitrogens with one attached hydrogen (secondary N) is 1. The third-order valence-corrected chi connectivity index (χ3v) is 4.64. The van der Waals surface area contributed by atoms with Gasteiger partial charge in [0.25, 0.3) is 0 Å². The molecule has 148 valence electrons. The fraction of sp³-hybridized carbons (Fsp3) is 0.364. The maximum Gasteiger partial charge on any atom is 0.328 e. The fourth-order valence-corrected chi connectivity index (χ4v) is 3.08. The van der Waals surface area contributed by atoms with Crippen molar-refractivity contribution in [2.45, 2.75) is 38.0 Å². The lowest BCUT2D eigenvalue weighted by atomic mass is 10.1. The van der Waals surface area contributed by atoms with E-state index in [1.54, 1.807) is 0 Å². The number of carbonyl (C=O) groups excluding carboxylic acids is 2. The molecule has 0 bridgehead atoms. The van der Waals surface area contributed by atoms with Crippen molar-refractivity contribution < 1.29 is 23.8 Å². The van der Waals surface area contributed by atoms with Gasteiger partial charge in [-0.3, -0.25) is 4.79 Å². The van der Waals surface area contributed by atoms with Gasteiger partial charge in [-0.05, 0) is 36.1 Å². The van der Waals surface area contributed by atoms with E-state index in [2.05, 4.69) is 5.32 Å². The molecule has 1 aliphatic rings. The Kier molecular flexibility index (Phi) is 7.03. The van der Waals surface area contributed by atoms with E-state index >= 15 is 0 Å². The first-order valence-electron chi connectivity index (χ1n) is 9.41. The molecule has 2 atom stereocenters. The Morgan fingerprint density at radius 3 is 2.50 bits per heavy atom. The summed E-state index contributed by atoms with van der Waals surface area (Å²) in [7, 11) is 1.31. The lowest BCUT2D eigenvalue weighted by molar-refractivity contribution is -0.146. The van der Waals surface area contributed by atoms with Crippen molar-refractivity contribution in [3.63, 3.8) is 0 Å². The summed E-state index contributed by atoms with van der Waals surface area (Å²) in [5, 5.41) is 2.75. The van der Waals surface area contributed by atoms with E-state index in [9.17, 15) is 9.59 Å². The van der Waals surface area contributed by atoms with Gasteiger partial charge in [0.2, 0.25) is 5.91 Å². The maximum absolute atomic E-state index is 12.3. The summed E-state index contributed by atoms with van der Waals surface area (Å²) in [6, 6.07) is 16.6. The van der Waals surface area contributed by atoms with E-state index in [-0.39, 0.29) is 5.91 Å². The summed E-state index contributed by atoms with van der Waals surface area (Å²) in [6.07, 6.45) is 1.38. The number of amides is 1. The van der Waals surface area contributed by atoms with E-state index in [0.717, 1.165) is 23.3 Å². The van der Waals surface area contributed by atoms with Crippen molar-refractivity contribution in [3.05, 3.63) is 65.7 Å². The number of carbonyl (C=O) groups is 2. The van der Waals surface area contributed by atoms with Gasteiger partial charge in [0.05, 0.1) is 7.11 Å². The third-order valence-electron chi connectivity index (χ3n) is 4.64. The summed E-state index contributed by atoms with van der Waals surface area (Å²) in [5.41, 5.74) is 1.99. The first-order valence-corrected chi connectivity index (χ1v) is 9.41. The summed E-state index contributed by atoms with van der Waals surface area (Å²) in [4.78, 5) is 24.4. The number of rotatable bonds is 8. The van der Waals surface area contributed by atoms with Crippen molar-refractivity contribution >= 4 is 11.9 Å². The average molecular weight is 383 g/mol. The highest BCUT2D eigenvalue weighted by Crippen LogP contribution is 2.17. The van der Waals surface area contributed by atoms with Crippen LogP contribution >= 0.6 is 0 Å². The lowest BCUT2D eigenvalue weighted by Gasteiger charge is -2.19. The molecule has 2 aromatic rings. The number of methoxy groups -OCH3 is 1. The van der Waals surface area contributed by atoms with Crippen LogP contribution in [-0.4, -0.2) is 37.7 Å². The zero-order chi connectivity index (χ0) is 19.8. The zero-order valence-corrected chi connectivity index (χ0v) is 15.9. The fourth-order valence-electron chi connectivity index (χ4n) is 3.08. The molecular weight excluding hydrogens is 358 g/mol. The Balaban J connectivity index is 1.57. The smallest absolute Gasteiger partial charge is 0.328 e. The Bertz CT molecular complexity index is 769. The molecule has 6 nitrogen and oxygen atoms in total. The van der Waals surface area contributed by atoms with Gasteiger partial charge in [-0.25, -0.2) is 4.79 Å². The summed E-state index contributed by atoms with van der Waals surface area (Å²) >= 11 is 0. The maximum atomic E-state index is 12.3. The van der Waals surface area contributed by atoms with Gasteiger partial charge in [0.15, 0.2) is 0 Å². The second-order valence-electron chi connectivity index (χ2n) is 6.71. The van der Waals surface area contributed by atoms with Crippen LogP contribution in [0.2, 0.25) is 0 Å². The van der Waals surface area contributed by atoms with E-state index in [0.29, 0.717) is 26.1 Å². The highest BCUT2D eigenvalue weighted by Gasteiger charge is 2.28. The molecule has 1 amide bonds. The molecule has 1 fully saturated rings. The summed E-state index contributed by atoms with van der Waals surface area (Å²) < 4.78 is 16.0. The van der Waals surface area contributed by atoms with Gasteiger partial charge in [-0.1, -0.05) is 42.5 Å². The lowest BCUT2D eigenvalue weighted by Crippen LogP contribution is -2.47. The molecule has 1 saturated heterocycles. The largest absolute Gasteiger partial charge is 0.489 e. The average Bonchev–Trinajstić information content (AvgIpc) is 3.28. The minimum absolute atomic E-state index is 0.268. The van der Waals surface area contributed by atoms with Crippen molar-refractivity contribution in [3.8, 4) is 5.75 Å². The van der Waals surface area contributed by atoms with Crippen LogP contribution in [-0.2, 0) is 32.1 Å². The number of hydrogen-bond acceptors (Lipinski definition) is 5. The van der Waals surface area contributed by atoms with E-state index in [4.69, 9.17) is 14.2 Å². The van der Waals surface area contributed by atoms with Gasteiger partial charge >= 0.3 is 5.97 Å². The molecule has 1 heterocycles. The second kappa shape index (κ2) is 9.90. The van der Waals surface area contributed by atoms with Crippen LogP contribution in [0.5, 0.6) is 5.75 Å². The molecule has 1 aliphatic heterocycles. The van der Waals surface area contributed by atoms with Gasteiger partial charge < -0.3 is 19.5 Å². The van der Waals surface area contributed by atoms with Crippen LogP contribution in [0, 0.1) is 0 Å². The molecule has 0 radical (unpaired) electrons. The van der Waals surface area contributed by atoms with Crippen molar-refractivity contribution in [1.29, 1.82) is 0 Å². The SMILES string of the molecule is COC(=O)[C@@H](Cc1ccc(OCc2ccccc2)cc1)NC(=O)[C@@H]1CCCO1. The second-order valence-corrected chi connectivity index (χ2v) is 6.71. The van der Waals surface area contributed by atoms with Gasteiger partial charge in [0.1, 0.15) is 24.5 Å². The zero-order valence-electron chi connectivity index (χ0n) is 15.9. The normalized spacial score (nSPS) is 17.0. The van der Waals surface area contributed by atoms with Crippen molar-refractivity contribution in [2.75, 3.05) is 13.7 Å². The van der Waals surface area contributed by atoms with Crippen LogP contribution < -0.4 is 10.1 Å². The van der Waals surface area contributed by atoms with Crippen LogP contribution in [0.15, 0.2) is 54.6 Å². The van der Waals surface area contributed by atoms with E-state index in [1.807, 2.05) is 54.6 Å². The first kappa shape index (κ1) is 19.9. The predicted octanol–water partition coefficient (Wildman–Crippen LogP) is 2.64. The highest BCUT2D eigenvalue weighted by molar-refractivity contribution is 5.87. The molecule has 6 heteroatoms. The molecule has 0 saturated carbocycles. The Hall–Kier alpha value is -2.86. The molecule has 1 N–H and O–H groups in total. The quantitative estimate of drug-likeness (QED) is 0.710. The monoisotopic (exact) mass is 383 g/mol. The van der Waals surface area contributed by atoms with E-state index in [1.165, 1.54) is 7.11 Å². The Morgan fingerprint density at radius 1 is 1.11 bits per heavy atom. The van der Waals surface area contributed by atoms with Gasteiger partial charge in [-0.2, -0.15) is 0 Å². The van der Waals surface area contributed by atoms with Crippen LogP contribution in [0.3, 0.4) is 0 Å². The Morgan fingerprint density at radius 2 is 1.86 bits per heavy atom. The van der Waals surface area contributed by atoms with Crippen LogP contribution in [0.4, 0.5) is 0 Å². The molecule has 0 unspecified atom stereocenters. The Labute approximate surface area is 164 Å². The minimum Gasteiger partial charge on any atom is -0.489 e. The van der Waals surface area contributed by atoms with Gasteiger partial charge in [-0.15, -0.1) is 0 Å². The highest BCUT2D eigenvalue weighted by atomic mass is 16.5. The van der Waals surface area contributed by atoms with E-state index < -0.39 is 18.1 Å². The third kappa shape index (κ3) is 5.57. The first-order chi connectivity index (χ1) is 13.7. The number of benzene rings is 2.